The number of carbonyl (C=O) groups is 2. The van der Waals surface area contributed by atoms with Gasteiger partial charge in [-0.1, -0.05) is 15.9 Å². The Bertz CT molecular complexity index is 435. The fourth-order valence-electron chi connectivity index (χ4n) is 3.27. The van der Waals surface area contributed by atoms with E-state index in [0.717, 1.165) is 0 Å². The Morgan fingerprint density at radius 3 is 2.89 bits per heavy atom. The summed E-state index contributed by atoms with van der Waals surface area (Å²) in [5.74, 6) is -5.61. The molecule has 0 aromatic carbocycles. The summed E-state index contributed by atoms with van der Waals surface area (Å²) in [7, 11) is 0. The zero-order chi connectivity index (χ0) is 13.3. The summed E-state index contributed by atoms with van der Waals surface area (Å²) in [5, 5.41) is 0. The zero-order valence-corrected chi connectivity index (χ0v) is 11.1. The van der Waals surface area contributed by atoms with Crippen LogP contribution in [0.5, 0.6) is 0 Å². The minimum Gasteiger partial charge on any atom is -0.457 e. The van der Waals surface area contributed by atoms with Gasteiger partial charge in [0.15, 0.2) is 0 Å². The van der Waals surface area contributed by atoms with E-state index in [4.69, 9.17) is 9.47 Å². The van der Waals surface area contributed by atoms with Gasteiger partial charge in [-0.15, -0.1) is 0 Å². The van der Waals surface area contributed by atoms with Crippen LogP contribution in [0, 0.1) is 11.8 Å². The van der Waals surface area contributed by atoms with Crippen molar-refractivity contribution in [2.45, 2.75) is 42.2 Å². The molecule has 7 heteroatoms. The summed E-state index contributed by atoms with van der Waals surface area (Å²) in [6.07, 6.45) is -0.179. The molecule has 0 spiro atoms. The molecule has 2 bridgehead atoms. The van der Waals surface area contributed by atoms with E-state index in [-0.39, 0.29) is 17.8 Å². The largest absolute Gasteiger partial charge is 0.457 e. The predicted octanol–water partition coefficient (Wildman–Crippen LogP) is 1.65. The molecule has 18 heavy (non-hydrogen) atoms. The maximum absolute atomic E-state index is 12.8. The minimum absolute atomic E-state index is 0.0849. The number of carbonyl (C=O) groups excluding carboxylic acids is 2. The van der Waals surface area contributed by atoms with E-state index in [0.29, 0.717) is 19.8 Å². The molecule has 1 heterocycles. The second kappa shape index (κ2) is 3.43. The van der Waals surface area contributed by atoms with Crippen molar-refractivity contribution >= 4 is 27.9 Å². The second-order valence-corrected chi connectivity index (χ2v) is 6.71. The highest BCUT2D eigenvalue weighted by atomic mass is 79.9. The quantitative estimate of drug-likeness (QED) is 0.572. The summed E-state index contributed by atoms with van der Waals surface area (Å²) in [5.41, 5.74) is 0. The smallest absolute Gasteiger partial charge is 0.377 e. The molecular formula is C11H11BrF2O4. The first-order valence-corrected chi connectivity index (χ1v) is 6.51. The zero-order valence-electron chi connectivity index (χ0n) is 9.49. The molecule has 0 amide bonds. The summed E-state index contributed by atoms with van der Waals surface area (Å²) in [6.45, 7) is 0.498. The average molecular weight is 325 g/mol. The lowest BCUT2D eigenvalue weighted by atomic mass is 9.88. The lowest BCUT2D eigenvalue weighted by molar-refractivity contribution is -0.183. The molecule has 1 saturated heterocycles. The Labute approximate surface area is 110 Å². The lowest BCUT2D eigenvalue weighted by Crippen LogP contribution is -2.43. The van der Waals surface area contributed by atoms with Crippen LogP contribution in [-0.4, -0.2) is 34.4 Å². The van der Waals surface area contributed by atoms with E-state index in [2.05, 4.69) is 15.9 Å². The fourth-order valence-corrected chi connectivity index (χ4v) is 4.22. The van der Waals surface area contributed by atoms with Gasteiger partial charge in [-0.25, -0.2) is 4.79 Å². The second-order valence-electron chi connectivity index (χ2n) is 5.30. The van der Waals surface area contributed by atoms with Gasteiger partial charge in [0.2, 0.25) is 0 Å². The molecule has 0 N–H and O–H groups in total. The predicted molar refractivity (Wildman–Crippen MR) is 58.3 cm³/mol. The van der Waals surface area contributed by atoms with Crippen LogP contribution in [0.15, 0.2) is 0 Å². The standard InChI is InChI=1S/C11H11BrF2O4/c1-10(13,14)8(15)17-6-4-2-5-7(6)18-9(16)11(5,12)3-4/h4-7H,2-3H2,1H3. The first-order chi connectivity index (χ1) is 8.23. The van der Waals surface area contributed by atoms with Crippen molar-refractivity contribution < 1.29 is 27.8 Å². The lowest BCUT2D eigenvalue weighted by Gasteiger charge is -2.28. The van der Waals surface area contributed by atoms with Gasteiger partial charge in [-0.05, 0) is 12.8 Å². The van der Waals surface area contributed by atoms with Crippen LogP contribution in [0.4, 0.5) is 8.78 Å². The molecule has 3 fully saturated rings. The highest BCUT2D eigenvalue weighted by Gasteiger charge is 2.71. The van der Waals surface area contributed by atoms with E-state index in [9.17, 15) is 18.4 Å². The number of halogens is 3. The Balaban J connectivity index is 1.79. The van der Waals surface area contributed by atoms with Crippen LogP contribution in [0.25, 0.3) is 0 Å². The van der Waals surface area contributed by atoms with Crippen molar-refractivity contribution in [1.29, 1.82) is 0 Å². The van der Waals surface area contributed by atoms with Gasteiger partial charge in [0.25, 0.3) is 0 Å². The maximum Gasteiger partial charge on any atom is 0.377 e. The number of alkyl halides is 3. The molecule has 1 aliphatic heterocycles. The van der Waals surface area contributed by atoms with E-state index in [1.54, 1.807) is 0 Å². The molecule has 3 rings (SSSR count). The van der Waals surface area contributed by atoms with E-state index >= 15 is 0 Å². The van der Waals surface area contributed by atoms with Gasteiger partial charge < -0.3 is 9.47 Å². The highest BCUT2D eigenvalue weighted by molar-refractivity contribution is 9.10. The molecule has 100 valence electrons. The molecule has 0 radical (unpaired) electrons. The first-order valence-electron chi connectivity index (χ1n) is 5.72. The van der Waals surface area contributed by atoms with Crippen LogP contribution in [0.2, 0.25) is 0 Å². The highest BCUT2D eigenvalue weighted by Crippen LogP contribution is 2.61. The van der Waals surface area contributed by atoms with Crippen molar-refractivity contribution in [3.05, 3.63) is 0 Å². The number of rotatable bonds is 2. The monoisotopic (exact) mass is 324 g/mol. The van der Waals surface area contributed by atoms with Crippen LogP contribution < -0.4 is 0 Å². The minimum atomic E-state index is -3.52. The Morgan fingerprint density at radius 2 is 2.28 bits per heavy atom. The average Bonchev–Trinajstić information content (AvgIpc) is 2.78. The fraction of sp³-hybridized carbons (Fsp3) is 0.818. The molecule has 3 aliphatic rings. The van der Waals surface area contributed by atoms with Crippen molar-refractivity contribution in [3.8, 4) is 0 Å². The Hall–Kier alpha value is -0.720. The summed E-state index contributed by atoms with van der Waals surface area (Å²) in [6, 6.07) is 0. The molecular weight excluding hydrogens is 314 g/mol. The van der Waals surface area contributed by atoms with Crippen LogP contribution >= 0.6 is 15.9 Å². The Morgan fingerprint density at radius 1 is 1.61 bits per heavy atom. The summed E-state index contributed by atoms with van der Waals surface area (Å²) in [4.78, 5) is 22.9. The van der Waals surface area contributed by atoms with Crippen molar-refractivity contribution in [3.63, 3.8) is 0 Å². The van der Waals surface area contributed by atoms with Gasteiger partial charge >= 0.3 is 17.9 Å². The number of hydrogen-bond acceptors (Lipinski definition) is 4. The molecule has 2 aliphatic carbocycles. The molecule has 4 nitrogen and oxygen atoms in total. The van der Waals surface area contributed by atoms with Crippen LogP contribution in [-0.2, 0) is 19.1 Å². The van der Waals surface area contributed by atoms with E-state index in [1.807, 2.05) is 0 Å². The van der Waals surface area contributed by atoms with Crippen LogP contribution in [0.3, 0.4) is 0 Å². The first kappa shape index (κ1) is 12.3. The maximum atomic E-state index is 12.8. The van der Waals surface area contributed by atoms with E-state index in [1.165, 1.54) is 0 Å². The third kappa shape index (κ3) is 1.45. The van der Waals surface area contributed by atoms with Crippen molar-refractivity contribution in [1.82, 2.24) is 0 Å². The number of ether oxygens (including phenoxy) is 2. The van der Waals surface area contributed by atoms with Gasteiger partial charge in [0, 0.05) is 18.8 Å². The van der Waals surface area contributed by atoms with Gasteiger partial charge in [-0.2, -0.15) is 8.78 Å². The third-order valence-corrected chi connectivity index (χ3v) is 5.31. The number of esters is 2. The van der Waals surface area contributed by atoms with Crippen molar-refractivity contribution in [2.75, 3.05) is 0 Å². The summed E-state index contributed by atoms with van der Waals surface area (Å²) >= 11 is 3.38. The van der Waals surface area contributed by atoms with Crippen LogP contribution in [0.1, 0.15) is 19.8 Å². The Kier molecular flexibility index (Phi) is 2.35. The molecule has 5 unspecified atom stereocenters. The summed E-state index contributed by atoms with van der Waals surface area (Å²) < 4.78 is 34.9. The molecule has 2 saturated carbocycles. The molecule has 5 atom stereocenters. The number of hydrogen-bond donors (Lipinski definition) is 0. The van der Waals surface area contributed by atoms with Gasteiger partial charge in [0.1, 0.15) is 16.5 Å². The van der Waals surface area contributed by atoms with Gasteiger partial charge in [-0.3, -0.25) is 4.79 Å². The number of fused-ring (bicyclic) bond motifs is 1. The molecule has 0 aromatic rings. The van der Waals surface area contributed by atoms with Gasteiger partial charge in [0.05, 0.1) is 0 Å². The third-order valence-electron chi connectivity index (χ3n) is 4.07. The SMILES string of the molecule is CC(F)(F)C(=O)OC1C2CC3C1OC(=O)C3(Br)C2. The topological polar surface area (TPSA) is 52.6 Å². The molecule has 0 aromatic heterocycles. The normalized spacial score (nSPS) is 45.2. The van der Waals surface area contributed by atoms with Crippen molar-refractivity contribution in [2.24, 2.45) is 11.8 Å². The van der Waals surface area contributed by atoms with E-state index < -0.39 is 28.4 Å².